The Morgan fingerprint density at radius 3 is 2.75 bits per heavy atom. The minimum Gasteiger partial charge on any atom is -0.394 e. The predicted octanol–water partition coefficient (Wildman–Crippen LogP) is 0.179. The number of hydrogen-bond donors (Lipinski definition) is 3. The Kier molecular flexibility index (Phi) is 5.18. The average molecular weight is 230 g/mol. The Bertz CT molecular complexity index is 213. The number of nitrogens with zero attached hydrogens (tertiary/aromatic N) is 1. The lowest BCUT2D eigenvalue weighted by molar-refractivity contribution is 0.00351. The lowest BCUT2D eigenvalue weighted by Gasteiger charge is -2.46. The van der Waals surface area contributed by atoms with Gasteiger partial charge in [0.2, 0.25) is 0 Å². The zero-order valence-corrected chi connectivity index (χ0v) is 10.5. The first-order valence-corrected chi connectivity index (χ1v) is 6.24. The molecule has 0 saturated heterocycles. The van der Waals surface area contributed by atoms with Gasteiger partial charge in [0.1, 0.15) is 0 Å². The van der Waals surface area contributed by atoms with Crippen LogP contribution in [0.4, 0.5) is 0 Å². The van der Waals surface area contributed by atoms with Crippen LogP contribution in [0.1, 0.15) is 32.6 Å². The molecule has 3 unspecified atom stereocenters. The molecule has 1 rings (SSSR count). The van der Waals surface area contributed by atoms with Gasteiger partial charge in [0.15, 0.2) is 0 Å². The van der Waals surface area contributed by atoms with Crippen molar-refractivity contribution in [2.45, 2.75) is 44.2 Å². The molecule has 0 aromatic heterocycles. The standard InChI is InChI=1S/C12H26N2O2/c1-10-4-3-5-12(6-10,9-13)14(2)7-11(16)8-15/h10-11,15-16H,3-9,13H2,1-2H3. The van der Waals surface area contributed by atoms with Crippen LogP contribution in [0.5, 0.6) is 0 Å². The smallest absolute Gasteiger partial charge is 0.0897 e. The molecule has 1 aliphatic carbocycles. The molecule has 0 aromatic carbocycles. The Morgan fingerprint density at radius 1 is 1.56 bits per heavy atom. The first-order valence-electron chi connectivity index (χ1n) is 6.24. The summed E-state index contributed by atoms with van der Waals surface area (Å²) in [4.78, 5) is 2.14. The molecule has 4 N–H and O–H groups in total. The van der Waals surface area contributed by atoms with E-state index < -0.39 is 6.10 Å². The molecule has 0 bridgehead atoms. The fourth-order valence-electron chi connectivity index (χ4n) is 2.89. The minimum atomic E-state index is -0.661. The van der Waals surface area contributed by atoms with Gasteiger partial charge in [-0.3, -0.25) is 4.90 Å². The van der Waals surface area contributed by atoms with Gasteiger partial charge in [-0.1, -0.05) is 19.8 Å². The van der Waals surface area contributed by atoms with E-state index >= 15 is 0 Å². The lowest BCUT2D eigenvalue weighted by atomic mass is 9.75. The molecule has 1 saturated carbocycles. The molecule has 3 atom stereocenters. The van der Waals surface area contributed by atoms with Crippen LogP contribution in [0, 0.1) is 5.92 Å². The number of likely N-dealkylation sites (N-methyl/N-ethyl adjacent to an activating group) is 1. The highest BCUT2D eigenvalue weighted by Gasteiger charge is 2.37. The summed E-state index contributed by atoms with van der Waals surface area (Å²) in [6, 6.07) is 0. The van der Waals surface area contributed by atoms with Crippen LogP contribution in [0.25, 0.3) is 0 Å². The molecule has 16 heavy (non-hydrogen) atoms. The monoisotopic (exact) mass is 230 g/mol. The van der Waals surface area contributed by atoms with E-state index in [1.165, 1.54) is 12.8 Å². The van der Waals surface area contributed by atoms with Crippen molar-refractivity contribution >= 4 is 0 Å². The zero-order valence-electron chi connectivity index (χ0n) is 10.5. The van der Waals surface area contributed by atoms with Crippen LogP contribution in [0.3, 0.4) is 0 Å². The third-order valence-corrected chi connectivity index (χ3v) is 3.95. The van der Waals surface area contributed by atoms with Gasteiger partial charge in [-0.05, 0) is 25.8 Å². The van der Waals surface area contributed by atoms with E-state index in [9.17, 15) is 5.11 Å². The van der Waals surface area contributed by atoms with Crippen molar-refractivity contribution in [2.75, 3.05) is 26.7 Å². The van der Waals surface area contributed by atoms with Gasteiger partial charge in [0, 0.05) is 18.6 Å². The fourth-order valence-corrected chi connectivity index (χ4v) is 2.89. The van der Waals surface area contributed by atoms with Crippen LogP contribution >= 0.6 is 0 Å². The van der Waals surface area contributed by atoms with Crippen molar-refractivity contribution < 1.29 is 10.2 Å². The molecule has 0 heterocycles. The van der Waals surface area contributed by atoms with E-state index in [0.717, 1.165) is 12.8 Å². The van der Waals surface area contributed by atoms with Gasteiger partial charge in [0.05, 0.1) is 12.7 Å². The van der Waals surface area contributed by atoms with Crippen LogP contribution in [0.15, 0.2) is 0 Å². The molecule has 4 nitrogen and oxygen atoms in total. The maximum absolute atomic E-state index is 9.50. The Hall–Kier alpha value is -0.160. The van der Waals surface area contributed by atoms with E-state index in [-0.39, 0.29) is 12.1 Å². The summed E-state index contributed by atoms with van der Waals surface area (Å²) in [6.45, 7) is 3.22. The van der Waals surface area contributed by atoms with Crippen molar-refractivity contribution in [1.29, 1.82) is 0 Å². The fraction of sp³-hybridized carbons (Fsp3) is 1.00. The molecule has 0 aromatic rings. The first kappa shape index (κ1) is 13.9. The molecule has 96 valence electrons. The SMILES string of the molecule is CC1CCCC(CN)(N(C)CC(O)CO)C1. The topological polar surface area (TPSA) is 69.7 Å². The first-order chi connectivity index (χ1) is 7.54. The molecule has 0 amide bonds. The number of rotatable bonds is 5. The van der Waals surface area contributed by atoms with Crippen LogP contribution < -0.4 is 5.73 Å². The largest absolute Gasteiger partial charge is 0.394 e. The summed E-state index contributed by atoms with van der Waals surface area (Å²) in [6.07, 6.45) is 4.02. The maximum atomic E-state index is 9.50. The molecule has 0 spiro atoms. The summed E-state index contributed by atoms with van der Waals surface area (Å²) in [5.74, 6) is 0.700. The van der Waals surface area contributed by atoms with Crippen molar-refractivity contribution in [1.82, 2.24) is 4.90 Å². The Labute approximate surface area is 98.4 Å². The van der Waals surface area contributed by atoms with Crippen LogP contribution in [-0.2, 0) is 0 Å². The highest BCUT2D eigenvalue weighted by molar-refractivity contribution is 4.95. The van der Waals surface area contributed by atoms with Gasteiger partial charge in [-0.15, -0.1) is 0 Å². The second-order valence-electron chi connectivity index (χ2n) is 5.35. The van der Waals surface area contributed by atoms with Gasteiger partial charge in [-0.2, -0.15) is 0 Å². The summed E-state index contributed by atoms with van der Waals surface area (Å²) in [7, 11) is 2.00. The van der Waals surface area contributed by atoms with Crippen molar-refractivity contribution in [3.63, 3.8) is 0 Å². The second kappa shape index (κ2) is 5.96. The molecular formula is C12H26N2O2. The second-order valence-corrected chi connectivity index (χ2v) is 5.35. The normalized spacial score (nSPS) is 33.0. The van der Waals surface area contributed by atoms with Crippen LogP contribution in [0.2, 0.25) is 0 Å². The predicted molar refractivity (Wildman–Crippen MR) is 65.1 cm³/mol. The number of aliphatic hydroxyl groups is 2. The molecule has 1 fully saturated rings. The van der Waals surface area contributed by atoms with E-state index in [2.05, 4.69) is 11.8 Å². The van der Waals surface area contributed by atoms with E-state index in [4.69, 9.17) is 10.8 Å². The van der Waals surface area contributed by atoms with Gasteiger partial charge >= 0.3 is 0 Å². The number of hydrogen-bond acceptors (Lipinski definition) is 4. The third kappa shape index (κ3) is 3.17. The summed E-state index contributed by atoms with van der Waals surface area (Å²) in [5.41, 5.74) is 5.95. The zero-order chi connectivity index (χ0) is 12.2. The van der Waals surface area contributed by atoms with E-state index in [0.29, 0.717) is 19.0 Å². The third-order valence-electron chi connectivity index (χ3n) is 3.95. The highest BCUT2D eigenvalue weighted by atomic mass is 16.3. The average Bonchev–Trinajstić information content (AvgIpc) is 2.28. The maximum Gasteiger partial charge on any atom is 0.0897 e. The molecule has 1 aliphatic rings. The number of β-amino-alcohol motifs (C(OH)–C–C–N with tert-alkyl or cyclic N) is 1. The summed E-state index contributed by atoms with van der Waals surface area (Å²) < 4.78 is 0. The highest BCUT2D eigenvalue weighted by Crippen LogP contribution is 2.35. The Balaban J connectivity index is 2.63. The molecule has 0 radical (unpaired) electrons. The molecule has 4 heteroatoms. The van der Waals surface area contributed by atoms with Crippen molar-refractivity contribution in [3.05, 3.63) is 0 Å². The minimum absolute atomic E-state index is 0.0216. The number of nitrogens with two attached hydrogens (primary N) is 1. The lowest BCUT2D eigenvalue weighted by Crippen LogP contribution is -2.56. The number of aliphatic hydroxyl groups excluding tert-OH is 2. The molecular weight excluding hydrogens is 204 g/mol. The van der Waals surface area contributed by atoms with Crippen molar-refractivity contribution in [3.8, 4) is 0 Å². The summed E-state index contributed by atoms with van der Waals surface area (Å²) in [5, 5.41) is 18.4. The summed E-state index contributed by atoms with van der Waals surface area (Å²) >= 11 is 0. The molecule has 0 aliphatic heterocycles. The van der Waals surface area contributed by atoms with Gasteiger partial charge in [-0.25, -0.2) is 0 Å². The van der Waals surface area contributed by atoms with Crippen molar-refractivity contribution in [2.24, 2.45) is 11.7 Å². The quantitative estimate of drug-likeness (QED) is 0.630. The Morgan fingerprint density at radius 2 is 2.25 bits per heavy atom. The van der Waals surface area contributed by atoms with Gasteiger partial charge < -0.3 is 15.9 Å². The van der Waals surface area contributed by atoms with E-state index in [1.807, 2.05) is 7.05 Å². The van der Waals surface area contributed by atoms with Gasteiger partial charge in [0.25, 0.3) is 0 Å². The van der Waals surface area contributed by atoms with E-state index in [1.54, 1.807) is 0 Å². The van der Waals surface area contributed by atoms with Crippen LogP contribution in [-0.4, -0.2) is 53.5 Å².